The van der Waals surface area contributed by atoms with Crippen LogP contribution in [0.25, 0.3) is 0 Å². The number of carbonyl (C=O) groups excluding carboxylic acids is 1. The SMILES string of the molecule is CCNc1ccc(C(=O)N2CCC(O)C(C)C2)nc1. The number of aromatic nitrogens is 1. The zero-order chi connectivity index (χ0) is 13.8. The molecule has 1 aliphatic rings. The highest BCUT2D eigenvalue weighted by Crippen LogP contribution is 2.18. The molecule has 5 nitrogen and oxygen atoms in total. The second-order valence-electron chi connectivity index (χ2n) is 5.05. The average molecular weight is 263 g/mol. The molecule has 1 aliphatic heterocycles. The fraction of sp³-hybridized carbons (Fsp3) is 0.571. The molecular formula is C14H21N3O2. The molecule has 0 bridgehead atoms. The van der Waals surface area contributed by atoms with Gasteiger partial charge in [0.15, 0.2) is 0 Å². The number of amides is 1. The highest BCUT2D eigenvalue weighted by molar-refractivity contribution is 5.92. The summed E-state index contributed by atoms with van der Waals surface area (Å²) in [5.74, 6) is 0.0699. The second kappa shape index (κ2) is 6.02. The molecule has 5 heteroatoms. The van der Waals surface area contributed by atoms with E-state index in [2.05, 4.69) is 10.3 Å². The molecule has 0 radical (unpaired) electrons. The minimum absolute atomic E-state index is 0.0539. The first kappa shape index (κ1) is 13.8. The number of piperidine rings is 1. The number of hydrogen-bond donors (Lipinski definition) is 2. The first-order valence-corrected chi connectivity index (χ1v) is 6.79. The van der Waals surface area contributed by atoms with E-state index < -0.39 is 0 Å². The van der Waals surface area contributed by atoms with Gasteiger partial charge in [-0.25, -0.2) is 4.98 Å². The summed E-state index contributed by atoms with van der Waals surface area (Å²) in [5, 5.41) is 12.8. The Bertz CT molecular complexity index is 433. The lowest BCUT2D eigenvalue weighted by atomic mass is 9.96. The Hall–Kier alpha value is -1.62. The zero-order valence-corrected chi connectivity index (χ0v) is 11.5. The van der Waals surface area contributed by atoms with E-state index in [0.29, 0.717) is 25.2 Å². The second-order valence-corrected chi connectivity index (χ2v) is 5.05. The van der Waals surface area contributed by atoms with E-state index in [-0.39, 0.29) is 17.9 Å². The Morgan fingerprint density at radius 1 is 1.58 bits per heavy atom. The standard InChI is InChI=1S/C14H21N3O2/c1-3-15-11-4-5-12(16-8-11)14(19)17-7-6-13(18)10(2)9-17/h4-5,8,10,13,15,18H,3,6-7,9H2,1-2H3. The van der Waals surface area contributed by atoms with Crippen LogP contribution < -0.4 is 5.32 Å². The number of aliphatic hydroxyl groups excluding tert-OH is 1. The van der Waals surface area contributed by atoms with Crippen molar-refractivity contribution in [2.45, 2.75) is 26.4 Å². The van der Waals surface area contributed by atoms with Gasteiger partial charge in [-0.2, -0.15) is 0 Å². The van der Waals surface area contributed by atoms with Crippen molar-refractivity contribution in [2.75, 3.05) is 25.0 Å². The third-order valence-corrected chi connectivity index (χ3v) is 3.51. The number of carbonyl (C=O) groups is 1. The molecule has 2 heterocycles. The highest BCUT2D eigenvalue weighted by atomic mass is 16.3. The van der Waals surface area contributed by atoms with Gasteiger partial charge in [0, 0.05) is 19.6 Å². The van der Waals surface area contributed by atoms with Crippen molar-refractivity contribution in [3.63, 3.8) is 0 Å². The Morgan fingerprint density at radius 3 is 2.95 bits per heavy atom. The van der Waals surface area contributed by atoms with E-state index in [1.54, 1.807) is 17.2 Å². The van der Waals surface area contributed by atoms with Gasteiger partial charge >= 0.3 is 0 Å². The molecule has 0 saturated carbocycles. The minimum atomic E-state index is -0.298. The van der Waals surface area contributed by atoms with Crippen LogP contribution in [0.3, 0.4) is 0 Å². The molecular weight excluding hydrogens is 242 g/mol. The zero-order valence-electron chi connectivity index (χ0n) is 11.5. The molecule has 1 aromatic heterocycles. The summed E-state index contributed by atoms with van der Waals surface area (Å²) in [6, 6.07) is 3.61. The van der Waals surface area contributed by atoms with Crippen molar-refractivity contribution in [2.24, 2.45) is 5.92 Å². The number of aliphatic hydroxyl groups is 1. The van der Waals surface area contributed by atoms with E-state index in [9.17, 15) is 9.90 Å². The molecule has 1 amide bonds. The monoisotopic (exact) mass is 263 g/mol. The normalized spacial score (nSPS) is 23.2. The topological polar surface area (TPSA) is 65.5 Å². The third-order valence-electron chi connectivity index (χ3n) is 3.51. The number of nitrogens with one attached hydrogen (secondary N) is 1. The van der Waals surface area contributed by atoms with Crippen LogP contribution in [0.2, 0.25) is 0 Å². The lowest BCUT2D eigenvalue weighted by molar-refractivity contribution is 0.0294. The van der Waals surface area contributed by atoms with Crippen molar-refractivity contribution in [3.05, 3.63) is 24.0 Å². The predicted octanol–water partition coefficient (Wildman–Crippen LogP) is 1.36. The quantitative estimate of drug-likeness (QED) is 0.864. The fourth-order valence-corrected chi connectivity index (χ4v) is 2.31. The molecule has 2 N–H and O–H groups in total. The van der Waals surface area contributed by atoms with Gasteiger partial charge in [0.1, 0.15) is 5.69 Å². The van der Waals surface area contributed by atoms with Crippen LogP contribution in [0.5, 0.6) is 0 Å². The van der Waals surface area contributed by atoms with E-state index in [0.717, 1.165) is 12.2 Å². The summed E-state index contributed by atoms with van der Waals surface area (Å²) in [6.07, 6.45) is 2.02. The van der Waals surface area contributed by atoms with Gasteiger partial charge in [-0.1, -0.05) is 6.92 Å². The fourth-order valence-electron chi connectivity index (χ4n) is 2.31. The van der Waals surface area contributed by atoms with E-state index in [1.165, 1.54) is 0 Å². The third kappa shape index (κ3) is 3.23. The molecule has 2 rings (SSSR count). The van der Waals surface area contributed by atoms with E-state index in [1.807, 2.05) is 19.9 Å². The molecule has 0 spiro atoms. The van der Waals surface area contributed by atoms with Crippen LogP contribution in [-0.4, -0.2) is 46.6 Å². The maximum Gasteiger partial charge on any atom is 0.272 e. The Morgan fingerprint density at radius 2 is 2.37 bits per heavy atom. The molecule has 0 aliphatic carbocycles. The van der Waals surface area contributed by atoms with Crippen molar-refractivity contribution in [1.29, 1.82) is 0 Å². The number of anilines is 1. The maximum atomic E-state index is 12.3. The molecule has 2 unspecified atom stereocenters. The first-order valence-electron chi connectivity index (χ1n) is 6.79. The lowest BCUT2D eigenvalue weighted by Crippen LogP contribution is -2.45. The summed E-state index contributed by atoms with van der Waals surface area (Å²) in [6.45, 7) is 6.00. The number of pyridine rings is 1. The number of rotatable bonds is 3. The molecule has 1 fully saturated rings. The summed E-state index contributed by atoms with van der Waals surface area (Å²) in [7, 11) is 0. The van der Waals surface area contributed by atoms with Gasteiger partial charge < -0.3 is 15.3 Å². The van der Waals surface area contributed by atoms with Gasteiger partial charge in [0.25, 0.3) is 5.91 Å². The van der Waals surface area contributed by atoms with Crippen LogP contribution in [0.4, 0.5) is 5.69 Å². The minimum Gasteiger partial charge on any atom is -0.393 e. The summed E-state index contributed by atoms with van der Waals surface area (Å²) >= 11 is 0. The average Bonchev–Trinajstić information content (AvgIpc) is 2.42. The molecule has 1 aromatic rings. The first-order chi connectivity index (χ1) is 9.11. The number of likely N-dealkylation sites (tertiary alicyclic amines) is 1. The van der Waals surface area contributed by atoms with Crippen molar-refractivity contribution in [3.8, 4) is 0 Å². The van der Waals surface area contributed by atoms with Crippen LogP contribution in [0.1, 0.15) is 30.8 Å². The van der Waals surface area contributed by atoms with Gasteiger partial charge in [-0.05, 0) is 31.4 Å². The summed E-state index contributed by atoms with van der Waals surface area (Å²) < 4.78 is 0. The Kier molecular flexibility index (Phi) is 4.37. The smallest absolute Gasteiger partial charge is 0.272 e. The van der Waals surface area contributed by atoms with Crippen LogP contribution in [0, 0.1) is 5.92 Å². The lowest BCUT2D eigenvalue weighted by Gasteiger charge is -2.34. The number of nitrogens with zero attached hydrogens (tertiary/aromatic N) is 2. The van der Waals surface area contributed by atoms with Crippen molar-refractivity contribution in [1.82, 2.24) is 9.88 Å². The molecule has 2 atom stereocenters. The van der Waals surface area contributed by atoms with Crippen LogP contribution in [0.15, 0.2) is 18.3 Å². The summed E-state index contributed by atoms with van der Waals surface area (Å²) in [4.78, 5) is 18.3. The maximum absolute atomic E-state index is 12.3. The van der Waals surface area contributed by atoms with E-state index >= 15 is 0 Å². The largest absolute Gasteiger partial charge is 0.393 e. The van der Waals surface area contributed by atoms with Gasteiger partial charge in [0.2, 0.25) is 0 Å². The predicted molar refractivity (Wildman–Crippen MR) is 74.1 cm³/mol. The van der Waals surface area contributed by atoms with Gasteiger partial charge in [-0.3, -0.25) is 4.79 Å². The van der Waals surface area contributed by atoms with Crippen LogP contribution >= 0.6 is 0 Å². The van der Waals surface area contributed by atoms with Crippen LogP contribution in [-0.2, 0) is 0 Å². The molecule has 1 saturated heterocycles. The van der Waals surface area contributed by atoms with Gasteiger partial charge in [-0.15, -0.1) is 0 Å². The molecule has 104 valence electrons. The molecule has 19 heavy (non-hydrogen) atoms. The van der Waals surface area contributed by atoms with Crippen molar-refractivity contribution < 1.29 is 9.90 Å². The molecule has 0 aromatic carbocycles. The summed E-state index contributed by atoms with van der Waals surface area (Å²) in [5.41, 5.74) is 1.38. The van der Waals surface area contributed by atoms with Gasteiger partial charge in [0.05, 0.1) is 18.0 Å². The Balaban J connectivity index is 2.03. The number of hydrogen-bond acceptors (Lipinski definition) is 4. The Labute approximate surface area is 113 Å². The van der Waals surface area contributed by atoms with Crippen molar-refractivity contribution >= 4 is 11.6 Å². The van der Waals surface area contributed by atoms with E-state index in [4.69, 9.17) is 0 Å². The highest BCUT2D eigenvalue weighted by Gasteiger charge is 2.28.